The van der Waals surface area contributed by atoms with Gasteiger partial charge in [-0.25, -0.2) is 8.78 Å². The van der Waals surface area contributed by atoms with Crippen molar-refractivity contribution in [2.45, 2.75) is 26.7 Å². The molecule has 1 heterocycles. The Morgan fingerprint density at radius 2 is 1.88 bits per heavy atom. The highest BCUT2D eigenvalue weighted by Crippen LogP contribution is 2.44. The Labute approximate surface area is 92.7 Å². The fourth-order valence-electron chi connectivity index (χ4n) is 2.15. The summed E-state index contributed by atoms with van der Waals surface area (Å²) < 4.78 is 26.6. The van der Waals surface area contributed by atoms with Crippen molar-refractivity contribution in [3.8, 4) is 0 Å². The van der Waals surface area contributed by atoms with Gasteiger partial charge in [0.1, 0.15) is 11.6 Å². The van der Waals surface area contributed by atoms with Crippen LogP contribution in [0.25, 0.3) is 0 Å². The SMILES string of the molecule is CC(C)(C)C1C(=O)Nc2c(F)cc(F)cc21. The third-order valence-electron chi connectivity index (χ3n) is 2.77. The molecule has 2 rings (SSSR count). The predicted octanol–water partition coefficient (Wildman–Crippen LogP) is 3.05. The van der Waals surface area contributed by atoms with E-state index in [1.54, 1.807) is 0 Å². The largest absolute Gasteiger partial charge is 0.323 e. The molecule has 0 bridgehead atoms. The Balaban J connectivity index is 2.61. The maximum Gasteiger partial charge on any atom is 0.232 e. The van der Waals surface area contributed by atoms with Crippen LogP contribution < -0.4 is 5.32 Å². The smallest absolute Gasteiger partial charge is 0.232 e. The van der Waals surface area contributed by atoms with Crippen LogP contribution in [0.15, 0.2) is 12.1 Å². The van der Waals surface area contributed by atoms with Crippen LogP contribution >= 0.6 is 0 Å². The van der Waals surface area contributed by atoms with Crippen LogP contribution in [0.2, 0.25) is 0 Å². The van der Waals surface area contributed by atoms with Gasteiger partial charge >= 0.3 is 0 Å². The number of fused-ring (bicyclic) bond motifs is 1. The number of nitrogens with one attached hydrogen (secondary N) is 1. The minimum Gasteiger partial charge on any atom is -0.323 e. The molecule has 0 saturated carbocycles. The fraction of sp³-hybridized carbons (Fsp3) is 0.417. The number of benzene rings is 1. The molecule has 2 nitrogen and oxygen atoms in total. The molecule has 4 heteroatoms. The van der Waals surface area contributed by atoms with Gasteiger partial charge < -0.3 is 5.32 Å². The lowest BCUT2D eigenvalue weighted by Crippen LogP contribution is -2.25. The summed E-state index contributed by atoms with van der Waals surface area (Å²) in [6, 6.07) is 2.01. The highest BCUT2D eigenvalue weighted by molar-refractivity contribution is 6.03. The summed E-state index contributed by atoms with van der Waals surface area (Å²) in [4.78, 5) is 11.7. The van der Waals surface area contributed by atoms with Gasteiger partial charge in [0.05, 0.1) is 11.6 Å². The molecule has 86 valence electrons. The third-order valence-corrected chi connectivity index (χ3v) is 2.77. The lowest BCUT2D eigenvalue weighted by atomic mass is 9.77. The molecule has 1 aromatic carbocycles. The van der Waals surface area contributed by atoms with Crippen molar-refractivity contribution >= 4 is 11.6 Å². The Morgan fingerprint density at radius 3 is 2.44 bits per heavy atom. The van der Waals surface area contributed by atoms with Crippen molar-refractivity contribution in [2.75, 3.05) is 5.32 Å². The Bertz CT molecular complexity index is 463. The first-order valence-corrected chi connectivity index (χ1v) is 5.10. The molecular weight excluding hydrogens is 212 g/mol. The van der Waals surface area contributed by atoms with Gasteiger partial charge in [-0.2, -0.15) is 0 Å². The average molecular weight is 225 g/mol. The molecule has 0 saturated heterocycles. The first kappa shape index (κ1) is 11.0. The molecule has 1 aliphatic rings. The Morgan fingerprint density at radius 1 is 1.25 bits per heavy atom. The molecule has 0 radical (unpaired) electrons. The van der Waals surface area contributed by atoms with Crippen LogP contribution in [-0.4, -0.2) is 5.91 Å². The molecule has 1 unspecified atom stereocenters. The summed E-state index contributed by atoms with van der Waals surface area (Å²) in [5.41, 5.74) is 0.163. The highest BCUT2D eigenvalue weighted by Gasteiger charge is 2.40. The summed E-state index contributed by atoms with van der Waals surface area (Å²) in [7, 11) is 0. The first-order valence-electron chi connectivity index (χ1n) is 5.10. The number of rotatable bonds is 0. The zero-order valence-corrected chi connectivity index (χ0v) is 9.40. The van der Waals surface area contributed by atoms with E-state index in [4.69, 9.17) is 0 Å². The molecule has 0 aliphatic carbocycles. The standard InChI is InChI=1S/C12H13F2NO/c1-12(2,3)9-7-4-6(13)5-8(14)10(7)15-11(9)16/h4-5,9H,1-3H3,(H,15,16). The summed E-state index contributed by atoms with van der Waals surface area (Å²) in [5, 5.41) is 2.47. The number of amides is 1. The van der Waals surface area contributed by atoms with Crippen LogP contribution in [0.5, 0.6) is 0 Å². The fourth-order valence-corrected chi connectivity index (χ4v) is 2.15. The van der Waals surface area contributed by atoms with Crippen LogP contribution in [-0.2, 0) is 4.79 Å². The van der Waals surface area contributed by atoms with Crippen molar-refractivity contribution in [3.63, 3.8) is 0 Å². The van der Waals surface area contributed by atoms with Crippen LogP contribution in [0.1, 0.15) is 32.3 Å². The molecule has 1 amide bonds. The maximum absolute atomic E-state index is 13.4. The van der Waals surface area contributed by atoms with Crippen molar-refractivity contribution in [1.82, 2.24) is 0 Å². The number of carbonyl (C=O) groups is 1. The Kier molecular flexibility index (Phi) is 2.26. The van der Waals surface area contributed by atoms with Crippen molar-refractivity contribution in [3.05, 3.63) is 29.3 Å². The molecule has 1 aliphatic heterocycles. The van der Waals surface area contributed by atoms with E-state index in [1.807, 2.05) is 20.8 Å². The Hall–Kier alpha value is -1.45. The van der Waals surface area contributed by atoms with Crippen LogP contribution in [0.3, 0.4) is 0 Å². The number of hydrogen-bond donors (Lipinski definition) is 1. The molecule has 0 aromatic heterocycles. The topological polar surface area (TPSA) is 29.1 Å². The van der Waals surface area contributed by atoms with E-state index in [-0.39, 0.29) is 17.0 Å². The van der Waals surface area contributed by atoms with E-state index in [1.165, 1.54) is 6.07 Å². The quantitative estimate of drug-likeness (QED) is 0.722. The summed E-state index contributed by atoms with van der Waals surface area (Å²) in [5.74, 6) is -2.14. The lowest BCUT2D eigenvalue weighted by Gasteiger charge is -2.25. The van der Waals surface area contributed by atoms with Crippen LogP contribution in [0.4, 0.5) is 14.5 Å². The minimum atomic E-state index is -0.713. The summed E-state index contributed by atoms with van der Waals surface area (Å²) in [6.07, 6.45) is 0. The zero-order valence-electron chi connectivity index (χ0n) is 9.40. The lowest BCUT2D eigenvalue weighted by molar-refractivity contribution is -0.119. The molecule has 1 atom stereocenters. The van der Waals surface area contributed by atoms with Crippen molar-refractivity contribution in [2.24, 2.45) is 5.41 Å². The van der Waals surface area contributed by atoms with Crippen molar-refractivity contribution in [1.29, 1.82) is 0 Å². The van der Waals surface area contributed by atoms with Crippen LogP contribution in [0, 0.1) is 17.0 Å². The van der Waals surface area contributed by atoms with E-state index in [9.17, 15) is 13.6 Å². The second kappa shape index (κ2) is 3.27. The first-order chi connectivity index (χ1) is 7.30. The van der Waals surface area contributed by atoms with Gasteiger partial charge in [-0.3, -0.25) is 4.79 Å². The molecule has 0 fully saturated rings. The third kappa shape index (κ3) is 1.58. The molecule has 1 aromatic rings. The number of hydrogen-bond acceptors (Lipinski definition) is 1. The molecule has 0 spiro atoms. The number of anilines is 1. The number of halogens is 2. The van der Waals surface area contributed by atoms with Gasteiger partial charge in [0.25, 0.3) is 0 Å². The van der Waals surface area contributed by atoms with E-state index < -0.39 is 17.6 Å². The molecule has 16 heavy (non-hydrogen) atoms. The van der Waals surface area contributed by atoms with Gasteiger partial charge in [0.15, 0.2) is 0 Å². The predicted molar refractivity (Wildman–Crippen MR) is 57.2 cm³/mol. The minimum absolute atomic E-state index is 0.117. The average Bonchev–Trinajstić information content (AvgIpc) is 2.40. The zero-order chi connectivity index (χ0) is 12.1. The second-order valence-corrected chi connectivity index (χ2v) is 5.14. The monoisotopic (exact) mass is 225 g/mol. The molecule has 1 N–H and O–H groups in total. The van der Waals surface area contributed by atoms with E-state index in [0.29, 0.717) is 5.56 Å². The van der Waals surface area contributed by atoms with E-state index >= 15 is 0 Å². The van der Waals surface area contributed by atoms with Gasteiger partial charge in [-0.05, 0) is 17.0 Å². The van der Waals surface area contributed by atoms with E-state index in [2.05, 4.69) is 5.32 Å². The van der Waals surface area contributed by atoms with E-state index in [0.717, 1.165) is 6.07 Å². The second-order valence-electron chi connectivity index (χ2n) is 5.14. The normalized spacial score (nSPS) is 19.6. The van der Waals surface area contributed by atoms with Gasteiger partial charge in [0, 0.05) is 6.07 Å². The summed E-state index contributed by atoms with van der Waals surface area (Å²) >= 11 is 0. The summed E-state index contributed by atoms with van der Waals surface area (Å²) in [6.45, 7) is 5.61. The maximum atomic E-state index is 13.4. The number of carbonyl (C=O) groups excluding carboxylic acids is 1. The van der Waals surface area contributed by atoms with Gasteiger partial charge in [-0.1, -0.05) is 20.8 Å². The van der Waals surface area contributed by atoms with Gasteiger partial charge in [-0.15, -0.1) is 0 Å². The highest BCUT2D eigenvalue weighted by atomic mass is 19.1. The molecular formula is C12H13F2NO. The van der Waals surface area contributed by atoms with Gasteiger partial charge in [0.2, 0.25) is 5.91 Å². The van der Waals surface area contributed by atoms with Crippen molar-refractivity contribution < 1.29 is 13.6 Å².